The van der Waals surface area contributed by atoms with Crippen molar-refractivity contribution in [2.24, 2.45) is 0 Å². The molecule has 45 heavy (non-hydrogen) atoms. The van der Waals surface area contributed by atoms with Gasteiger partial charge in [-0.05, 0) is 32.9 Å². The molecule has 3 heterocycles. The van der Waals surface area contributed by atoms with E-state index in [2.05, 4.69) is 15.6 Å². The Kier molecular flexibility index (Phi) is 9.84. The number of benzene rings is 1. The summed E-state index contributed by atoms with van der Waals surface area (Å²) in [5, 5.41) is 14.6. The number of halogens is 2. The van der Waals surface area contributed by atoms with E-state index in [4.69, 9.17) is 10.00 Å². The Morgan fingerprint density at radius 2 is 1.73 bits per heavy atom. The lowest BCUT2D eigenvalue weighted by atomic mass is 10.1. The number of nitrogens with one attached hydrogen (secondary N) is 2. The second-order valence-electron chi connectivity index (χ2n) is 11.9. The molecule has 0 aliphatic carbocycles. The summed E-state index contributed by atoms with van der Waals surface area (Å²) in [6.07, 6.45) is 0.00166. The highest BCUT2D eigenvalue weighted by atomic mass is 19.3. The third-order valence-electron chi connectivity index (χ3n) is 7.28. The highest BCUT2D eigenvalue weighted by Crippen LogP contribution is 2.31. The number of rotatable bonds is 7. The van der Waals surface area contributed by atoms with Crippen molar-refractivity contribution in [2.75, 3.05) is 44.6 Å². The monoisotopic (exact) mass is 627 g/mol. The zero-order valence-corrected chi connectivity index (χ0v) is 25.3. The first kappa shape index (κ1) is 33.0. The third kappa shape index (κ3) is 8.40. The van der Waals surface area contributed by atoms with Gasteiger partial charge in [-0.2, -0.15) is 5.26 Å². The van der Waals surface area contributed by atoms with Gasteiger partial charge in [-0.25, -0.2) is 13.6 Å². The number of nitriles is 1. The van der Waals surface area contributed by atoms with Gasteiger partial charge in [0.05, 0.1) is 35.9 Å². The van der Waals surface area contributed by atoms with Crippen LogP contribution in [0.15, 0.2) is 30.5 Å². The minimum atomic E-state index is -3.17. The van der Waals surface area contributed by atoms with Gasteiger partial charge in [0.2, 0.25) is 17.7 Å². The molecule has 2 N–H and O–H groups in total. The summed E-state index contributed by atoms with van der Waals surface area (Å²) >= 11 is 0. The van der Waals surface area contributed by atoms with Crippen LogP contribution in [0.3, 0.4) is 0 Å². The van der Waals surface area contributed by atoms with Crippen molar-refractivity contribution in [2.45, 2.75) is 57.6 Å². The molecule has 2 aliphatic heterocycles. The number of hydrogen-bond acceptors (Lipinski definition) is 8. The van der Waals surface area contributed by atoms with Crippen molar-refractivity contribution in [3.63, 3.8) is 0 Å². The van der Waals surface area contributed by atoms with Crippen LogP contribution in [-0.4, -0.2) is 106 Å². The van der Waals surface area contributed by atoms with Gasteiger partial charge >= 0.3 is 6.09 Å². The second kappa shape index (κ2) is 13.4. The van der Waals surface area contributed by atoms with E-state index < -0.39 is 60.9 Å². The van der Waals surface area contributed by atoms with E-state index in [1.54, 1.807) is 54.8 Å². The van der Waals surface area contributed by atoms with Crippen molar-refractivity contribution in [3.8, 4) is 6.07 Å². The summed E-state index contributed by atoms with van der Waals surface area (Å²) in [4.78, 5) is 71.4. The van der Waals surface area contributed by atoms with E-state index in [9.17, 15) is 32.8 Å². The number of alkyl halides is 2. The molecule has 0 spiro atoms. The van der Waals surface area contributed by atoms with E-state index in [1.165, 1.54) is 12.3 Å². The fourth-order valence-corrected chi connectivity index (χ4v) is 5.08. The molecular formula is C30H35F2N7O6. The molecule has 2 aromatic rings. The lowest BCUT2D eigenvalue weighted by Gasteiger charge is -2.35. The minimum absolute atomic E-state index is 0.0479. The first-order valence-corrected chi connectivity index (χ1v) is 14.5. The lowest BCUT2D eigenvalue weighted by molar-refractivity contribution is -0.134. The molecule has 2 saturated heterocycles. The van der Waals surface area contributed by atoms with Crippen molar-refractivity contribution in [1.82, 2.24) is 25.0 Å². The summed E-state index contributed by atoms with van der Waals surface area (Å²) in [7, 11) is 0. The number of piperazine rings is 1. The number of ether oxygens (including phenoxy) is 1. The van der Waals surface area contributed by atoms with E-state index in [1.807, 2.05) is 0 Å². The van der Waals surface area contributed by atoms with E-state index in [0.717, 1.165) is 4.90 Å². The molecule has 5 amide bonds. The molecule has 4 rings (SSSR count). The number of aromatic nitrogens is 1. The molecule has 1 aromatic heterocycles. The van der Waals surface area contributed by atoms with Crippen molar-refractivity contribution < 1.29 is 37.5 Å². The van der Waals surface area contributed by atoms with Gasteiger partial charge in [-0.3, -0.25) is 24.2 Å². The molecule has 15 heteroatoms. The molecule has 1 atom stereocenters. The third-order valence-corrected chi connectivity index (χ3v) is 7.28. The number of hydrogen-bond donors (Lipinski definition) is 2. The van der Waals surface area contributed by atoms with Gasteiger partial charge < -0.3 is 30.1 Å². The quantitative estimate of drug-likeness (QED) is 0.473. The number of likely N-dealkylation sites (tertiary alicyclic amines) is 1. The number of anilines is 1. The maximum atomic E-state index is 13.7. The van der Waals surface area contributed by atoms with Crippen LogP contribution in [-0.2, 0) is 19.1 Å². The Morgan fingerprint density at radius 3 is 2.40 bits per heavy atom. The van der Waals surface area contributed by atoms with Gasteiger partial charge in [0.25, 0.3) is 11.8 Å². The van der Waals surface area contributed by atoms with Crippen LogP contribution >= 0.6 is 0 Å². The topological polar surface area (TPSA) is 165 Å². The van der Waals surface area contributed by atoms with Crippen LogP contribution in [0.25, 0.3) is 10.9 Å². The Bertz CT molecular complexity index is 1530. The summed E-state index contributed by atoms with van der Waals surface area (Å²) in [6, 6.07) is 6.61. The highest BCUT2D eigenvalue weighted by molar-refractivity contribution is 6.10. The zero-order valence-electron chi connectivity index (χ0n) is 25.3. The van der Waals surface area contributed by atoms with Crippen LogP contribution in [0.4, 0.5) is 19.3 Å². The summed E-state index contributed by atoms with van der Waals surface area (Å²) in [5.74, 6) is -5.32. The number of fused-ring (bicyclic) bond motifs is 1. The molecular weight excluding hydrogens is 592 g/mol. The van der Waals surface area contributed by atoms with Crippen molar-refractivity contribution in [3.05, 3.63) is 36.0 Å². The highest BCUT2D eigenvalue weighted by Gasteiger charge is 2.47. The lowest BCUT2D eigenvalue weighted by Crippen LogP contribution is -2.51. The standard InChI is InChI=1S/C30H35F2N7O6/c1-29(2,3)45-28(44)38-13-11-37(12-14-38)24(41)8-7-23(40)36-22-6-4-5-20-21(9-10-34-26(20)22)27(43)35-17-25(42)39-18-30(31,32)15-19(39)16-33/h4-6,9-10,19H,7-8,11-15,17-18H2,1-3H3,(H,35,43)(H,36,40)/t19-/m0/s1. The average Bonchev–Trinajstić information content (AvgIpc) is 3.32. The molecule has 240 valence electrons. The fraction of sp³-hybridized carbons (Fsp3) is 0.500. The number of carbonyl (C=O) groups is 5. The van der Waals surface area contributed by atoms with Gasteiger partial charge in [0.1, 0.15) is 11.6 Å². The summed E-state index contributed by atoms with van der Waals surface area (Å²) < 4.78 is 32.8. The largest absolute Gasteiger partial charge is 0.444 e. The maximum Gasteiger partial charge on any atom is 0.410 e. The molecule has 2 aliphatic rings. The first-order valence-electron chi connectivity index (χ1n) is 14.5. The van der Waals surface area contributed by atoms with Crippen LogP contribution in [0.2, 0.25) is 0 Å². The molecule has 2 fully saturated rings. The number of carbonyl (C=O) groups excluding carboxylic acids is 5. The van der Waals surface area contributed by atoms with Crippen molar-refractivity contribution >= 4 is 46.3 Å². The number of nitrogens with zero attached hydrogens (tertiary/aromatic N) is 5. The molecule has 13 nitrogen and oxygen atoms in total. The van der Waals surface area contributed by atoms with E-state index in [0.29, 0.717) is 37.3 Å². The second-order valence-corrected chi connectivity index (χ2v) is 11.9. The zero-order chi connectivity index (χ0) is 32.9. The number of para-hydroxylation sites is 1. The maximum absolute atomic E-state index is 13.7. The molecule has 1 aromatic carbocycles. The van der Waals surface area contributed by atoms with Crippen LogP contribution in [0.5, 0.6) is 0 Å². The number of amides is 5. The van der Waals surface area contributed by atoms with E-state index >= 15 is 0 Å². The average molecular weight is 628 g/mol. The SMILES string of the molecule is CC(C)(C)OC(=O)N1CCN(C(=O)CCC(=O)Nc2cccc3c(C(=O)NCC(=O)N4CC(F)(F)C[C@H]4C#N)ccnc23)CC1. The molecule has 0 radical (unpaired) electrons. The van der Waals surface area contributed by atoms with Crippen LogP contribution < -0.4 is 10.6 Å². The molecule has 0 unspecified atom stereocenters. The Labute approximate surface area is 258 Å². The predicted octanol–water partition coefficient (Wildman–Crippen LogP) is 2.52. The Hall–Kier alpha value is -4.87. The minimum Gasteiger partial charge on any atom is -0.444 e. The Balaban J connectivity index is 1.31. The Morgan fingerprint density at radius 1 is 1.04 bits per heavy atom. The molecule has 0 bridgehead atoms. The van der Waals surface area contributed by atoms with Gasteiger partial charge in [0.15, 0.2) is 0 Å². The fourth-order valence-electron chi connectivity index (χ4n) is 5.08. The van der Waals surface area contributed by atoms with Gasteiger partial charge in [-0.15, -0.1) is 0 Å². The van der Waals surface area contributed by atoms with Crippen molar-refractivity contribution in [1.29, 1.82) is 5.26 Å². The summed E-state index contributed by atoms with van der Waals surface area (Å²) in [6.45, 7) is 5.17. The molecule has 0 saturated carbocycles. The normalized spacial score (nSPS) is 17.9. The van der Waals surface area contributed by atoms with Crippen LogP contribution in [0, 0.1) is 11.3 Å². The van der Waals surface area contributed by atoms with E-state index in [-0.39, 0.29) is 29.8 Å². The van der Waals surface area contributed by atoms with Gasteiger partial charge in [0, 0.05) is 57.0 Å². The predicted molar refractivity (Wildman–Crippen MR) is 157 cm³/mol. The van der Waals surface area contributed by atoms with Gasteiger partial charge in [-0.1, -0.05) is 12.1 Å². The first-order chi connectivity index (χ1) is 21.2. The van der Waals surface area contributed by atoms with Crippen LogP contribution in [0.1, 0.15) is 50.4 Å². The summed E-state index contributed by atoms with van der Waals surface area (Å²) in [5.41, 5.74) is 0.108. The number of pyridine rings is 1. The smallest absolute Gasteiger partial charge is 0.410 e.